The van der Waals surface area contributed by atoms with Crippen molar-refractivity contribution in [2.45, 2.75) is 19.9 Å². The number of ether oxygens (including phenoxy) is 1. The molecule has 2 aromatic rings. The highest BCUT2D eigenvalue weighted by Gasteiger charge is 2.10. The lowest BCUT2D eigenvalue weighted by atomic mass is 10.2. The third-order valence-corrected chi connectivity index (χ3v) is 2.82. The zero-order valence-corrected chi connectivity index (χ0v) is 11.7. The first-order valence-electron chi connectivity index (χ1n) is 6.55. The van der Waals surface area contributed by atoms with Crippen LogP contribution in [0.25, 0.3) is 0 Å². The first-order chi connectivity index (χ1) is 9.65. The number of rotatable bonds is 5. The second-order valence-electron chi connectivity index (χ2n) is 4.74. The predicted molar refractivity (Wildman–Crippen MR) is 77.8 cm³/mol. The molecule has 0 radical (unpaired) electrons. The summed E-state index contributed by atoms with van der Waals surface area (Å²) < 4.78 is 5.63. The minimum atomic E-state index is -0.141. The van der Waals surface area contributed by atoms with Gasteiger partial charge in [-0.15, -0.1) is 0 Å². The molecule has 0 bridgehead atoms. The van der Waals surface area contributed by atoms with Crippen LogP contribution < -0.4 is 10.1 Å². The Kier molecular flexibility index (Phi) is 4.71. The summed E-state index contributed by atoms with van der Waals surface area (Å²) in [5.41, 5.74) is 1.74. The van der Waals surface area contributed by atoms with Crippen LogP contribution in [-0.2, 0) is 0 Å². The average Bonchev–Trinajstić information content (AvgIpc) is 2.47. The smallest absolute Gasteiger partial charge is 0.253 e. The summed E-state index contributed by atoms with van der Waals surface area (Å²) in [6.07, 6.45) is 3.18. The molecule has 1 amide bonds. The maximum atomic E-state index is 11.9. The van der Waals surface area contributed by atoms with Crippen molar-refractivity contribution in [3.63, 3.8) is 0 Å². The molecule has 0 saturated carbocycles. The van der Waals surface area contributed by atoms with E-state index in [4.69, 9.17) is 4.74 Å². The van der Waals surface area contributed by atoms with Crippen LogP contribution in [0.2, 0.25) is 0 Å². The largest absolute Gasteiger partial charge is 0.491 e. The minimum Gasteiger partial charge on any atom is -0.491 e. The Hall–Kier alpha value is -2.36. The quantitative estimate of drug-likeness (QED) is 0.908. The lowest BCUT2D eigenvalue weighted by Crippen LogP contribution is -2.36. The van der Waals surface area contributed by atoms with Gasteiger partial charge in [0, 0.05) is 12.4 Å². The molecular formula is C16H18N2O2. The van der Waals surface area contributed by atoms with Gasteiger partial charge < -0.3 is 10.1 Å². The Balaban J connectivity index is 1.82. The SMILES string of the molecule is Cc1ccc(OCC(C)NC(=O)c2cccnc2)cc1. The first-order valence-corrected chi connectivity index (χ1v) is 6.55. The number of aromatic nitrogens is 1. The van der Waals surface area contributed by atoms with Gasteiger partial charge in [-0.3, -0.25) is 9.78 Å². The highest BCUT2D eigenvalue weighted by atomic mass is 16.5. The van der Waals surface area contributed by atoms with Crippen molar-refractivity contribution in [1.29, 1.82) is 0 Å². The van der Waals surface area contributed by atoms with Gasteiger partial charge in [-0.25, -0.2) is 0 Å². The normalized spacial score (nSPS) is 11.7. The molecular weight excluding hydrogens is 252 g/mol. The third kappa shape index (κ3) is 4.09. The maximum absolute atomic E-state index is 11.9. The van der Waals surface area contributed by atoms with Gasteiger partial charge in [-0.05, 0) is 38.1 Å². The topological polar surface area (TPSA) is 51.2 Å². The van der Waals surface area contributed by atoms with Crippen molar-refractivity contribution < 1.29 is 9.53 Å². The Morgan fingerprint density at radius 1 is 1.30 bits per heavy atom. The van der Waals surface area contributed by atoms with Crippen molar-refractivity contribution in [2.75, 3.05) is 6.61 Å². The lowest BCUT2D eigenvalue weighted by Gasteiger charge is -2.15. The zero-order valence-electron chi connectivity index (χ0n) is 11.7. The van der Waals surface area contributed by atoms with Crippen LogP contribution >= 0.6 is 0 Å². The highest BCUT2D eigenvalue weighted by molar-refractivity contribution is 5.93. The predicted octanol–water partition coefficient (Wildman–Crippen LogP) is 2.59. The molecule has 1 unspecified atom stereocenters. The van der Waals surface area contributed by atoms with Gasteiger partial charge in [0.15, 0.2) is 0 Å². The van der Waals surface area contributed by atoms with Gasteiger partial charge in [0.1, 0.15) is 12.4 Å². The average molecular weight is 270 g/mol. The molecule has 1 heterocycles. The van der Waals surface area contributed by atoms with Crippen LogP contribution in [0.4, 0.5) is 0 Å². The van der Waals surface area contributed by atoms with Crippen molar-refractivity contribution in [2.24, 2.45) is 0 Å². The summed E-state index contributed by atoms with van der Waals surface area (Å²) in [5.74, 6) is 0.663. The number of aryl methyl sites for hydroxylation is 1. The number of nitrogens with zero attached hydrogens (tertiary/aromatic N) is 1. The molecule has 1 aromatic heterocycles. The number of nitrogens with one attached hydrogen (secondary N) is 1. The van der Waals surface area contributed by atoms with Gasteiger partial charge in [0.2, 0.25) is 0 Å². The van der Waals surface area contributed by atoms with Crippen LogP contribution in [0.15, 0.2) is 48.8 Å². The van der Waals surface area contributed by atoms with E-state index in [0.29, 0.717) is 12.2 Å². The molecule has 0 spiro atoms. The van der Waals surface area contributed by atoms with Gasteiger partial charge in [0.25, 0.3) is 5.91 Å². The van der Waals surface area contributed by atoms with Crippen LogP contribution in [0.1, 0.15) is 22.8 Å². The second-order valence-corrected chi connectivity index (χ2v) is 4.74. The first kappa shape index (κ1) is 14.1. The Morgan fingerprint density at radius 3 is 2.70 bits per heavy atom. The van der Waals surface area contributed by atoms with E-state index in [-0.39, 0.29) is 11.9 Å². The summed E-state index contributed by atoms with van der Waals surface area (Å²) in [6, 6.07) is 11.2. The van der Waals surface area contributed by atoms with E-state index >= 15 is 0 Å². The molecule has 4 heteroatoms. The Bertz CT molecular complexity index is 552. The van der Waals surface area contributed by atoms with Crippen LogP contribution in [0, 0.1) is 6.92 Å². The standard InChI is InChI=1S/C16H18N2O2/c1-12-5-7-15(8-6-12)20-11-13(2)18-16(19)14-4-3-9-17-10-14/h3-10,13H,11H2,1-2H3,(H,18,19). The molecule has 2 rings (SSSR count). The van der Waals surface area contributed by atoms with E-state index in [2.05, 4.69) is 10.3 Å². The monoisotopic (exact) mass is 270 g/mol. The van der Waals surface area contributed by atoms with Gasteiger partial charge in [-0.2, -0.15) is 0 Å². The number of hydrogen-bond acceptors (Lipinski definition) is 3. The molecule has 0 saturated heterocycles. The Labute approximate surface area is 118 Å². The van der Waals surface area contributed by atoms with Gasteiger partial charge in [-0.1, -0.05) is 17.7 Å². The number of benzene rings is 1. The molecule has 1 N–H and O–H groups in total. The van der Waals surface area contributed by atoms with Crippen LogP contribution in [-0.4, -0.2) is 23.5 Å². The molecule has 1 aromatic carbocycles. The van der Waals surface area contributed by atoms with E-state index in [1.807, 2.05) is 38.1 Å². The van der Waals surface area contributed by atoms with Crippen molar-refractivity contribution in [3.8, 4) is 5.75 Å². The van der Waals surface area contributed by atoms with E-state index < -0.39 is 0 Å². The third-order valence-electron chi connectivity index (χ3n) is 2.82. The van der Waals surface area contributed by atoms with Crippen LogP contribution in [0.3, 0.4) is 0 Å². The van der Waals surface area contributed by atoms with Crippen molar-refractivity contribution in [3.05, 3.63) is 59.9 Å². The maximum Gasteiger partial charge on any atom is 0.253 e. The summed E-state index contributed by atoms with van der Waals surface area (Å²) in [4.78, 5) is 15.8. The zero-order chi connectivity index (χ0) is 14.4. The summed E-state index contributed by atoms with van der Waals surface area (Å²) in [6.45, 7) is 4.36. The highest BCUT2D eigenvalue weighted by Crippen LogP contribution is 2.11. The molecule has 0 aliphatic carbocycles. The fraction of sp³-hybridized carbons (Fsp3) is 0.250. The molecule has 0 fully saturated rings. The number of carbonyl (C=O) groups excluding carboxylic acids is 1. The number of hydrogen-bond donors (Lipinski definition) is 1. The van der Waals surface area contributed by atoms with E-state index in [1.165, 1.54) is 5.56 Å². The van der Waals surface area contributed by atoms with Crippen LogP contribution in [0.5, 0.6) is 5.75 Å². The van der Waals surface area contributed by atoms with Gasteiger partial charge >= 0.3 is 0 Å². The minimum absolute atomic E-state index is 0.0796. The summed E-state index contributed by atoms with van der Waals surface area (Å²) in [5, 5.41) is 2.87. The summed E-state index contributed by atoms with van der Waals surface area (Å²) >= 11 is 0. The van der Waals surface area contributed by atoms with Gasteiger partial charge in [0.05, 0.1) is 11.6 Å². The fourth-order valence-corrected chi connectivity index (χ4v) is 1.70. The molecule has 4 nitrogen and oxygen atoms in total. The molecule has 20 heavy (non-hydrogen) atoms. The molecule has 0 aliphatic rings. The number of pyridine rings is 1. The summed E-state index contributed by atoms with van der Waals surface area (Å²) in [7, 11) is 0. The number of carbonyl (C=O) groups is 1. The molecule has 0 aliphatic heterocycles. The Morgan fingerprint density at radius 2 is 2.05 bits per heavy atom. The van der Waals surface area contributed by atoms with E-state index in [9.17, 15) is 4.79 Å². The molecule has 104 valence electrons. The van der Waals surface area contributed by atoms with Crippen molar-refractivity contribution >= 4 is 5.91 Å². The van der Waals surface area contributed by atoms with E-state index in [0.717, 1.165) is 5.75 Å². The lowest BCUT2D eigenvalue weighted by molar-refractivity contribution is 0.0926. The fourth-order valence-electron chi connectivity index (χ4n) is 1.70. The van der Waals surface area contributed by atoms with E-state index in [1.54, 1.807) is 24.5 Å². The molecule has 1 atom stereocenters. The number of amides is 1. The second kappa shape index (κ2) is 6.70. The van der Waals surface area contributed by atoms with Crippen molar-refractivity contribution in [1.82, 2.24) is 10.3 Å².